The van der Waals surface area contributed by atoms with E-state index in [1.807, 2.05) is 0 Å². The minimum atomic E-state index is -4.56. The number of amides is 1. The molecule has 2 fully saturated rings. The number of carbonyl (C=O) groups excluding carboxylic acids is 1. The fourth-order valence-corrected chi connectivity index (χ4v) is 4.26. The zero-order valence-electron chi connectivity index (χ0n) is 15.4. The van der Waals surface area contributed by atoms with Gasteiger partial charge in [0, 0.05) is 32.2 Å². The maximum Gasteiger partial charge on any atom is 0.417 e. The second kappa shape index (κ2) is 8.61. The van der Waals surface area contributed by atoms with Gasteiger partial charge in [-0.3, -0.25) is 4.79 Å². The highest BCUT2D eigenvalue weighted by Gasteiger charge is 2.40. The number of rotatable bonds is 4. The number of likely N-dealkylation sites (tertiary alicyclic amines) is 2. The van der Waals surface area contributed by atoms with Crippen molar-refractivity contribution < 1.29 is 23.1 Å². The summed E-state index contributed by atoms with van der Waals surface area (Å²) >= 11 is 0. The number of hydrogen-bond acceptors (Lipinski definition) is 3. The van der Waals surface area contributed by atoms with Crippen molar-refractivity contribution in [3.63, 3.8) is 0 Å². The van der Waals surface area contributed by atoms with Crippen LogP contribution >= 0.6 is 0 Å². The molecule has 7 heteroatoms. The van der Waals surface area contributed by atoms with Crippen LogP contribution in [-0.4, -0.2) is 60.1 Å². The Labute approximate surface area is 158 Å². The van der Waals surface area contributed by atoms with Gasteiger partial charge in [-0.25, -0.2) is 0 Å². The van der Waals surface area contributed by atoms with Crippen LogP contribution in [0.3, 0.4) is 0 Å². The second-order valence-electron chi connectivity index (χ2n) is 7.67. The van der Waals surface area contributed by atoms with Crippen LogP contribution in [0.4, 0.5) is 13.2 Å². The molecule has 1 aromatic carbocycles. The fourth-order valence-electron chi connectivity index (χ4n) is 4.26. The van der Waals surface area contributed by atoms with Crippen LogP contribution in [0.15, 0.2) is 24.3 Å². The lowest BCUT2D eigenvalue weighted by atomic mass is 9.96. The lowest BCUT2D eigenvalue weighted by Crippen LogP contribution is -2.35. The highest BCUT2D eigenvalue weighted by molar-refractivity contribution is 5.96. The molecule has 27 heavy (non-hydrogen) atoms. The predicted molar refractivity (Wildman–Crippen MR) is 96.3 cm³/mol. The van der Waals surface area contributed by atoms with Crippen molar-refractivity contribution in [2.75, 3.05) is 39.3 Å². The Hall–Kier alpha value is -1.60. The quantitative estimate of drug-likeness (QED) is 0.867. The number of aliphatic hydroxyl groups is 1. The number of alkyl halides is 3. The van der Waals surface area contributed by atoms with Crippen molar-refractivity contribution >= 4 is 5.91 Å². The Balaban J connectivity index is 1.72. The first-order chi connectivity index (χ1) is 12.9. The van der Waals surface area contributed by atoms with Gasteiger partial charge in [-0.1, -0.05) is 25.0 Å². The van der Waals surface area contributed by atoms with E-state index < -0.39 is 17.6 Å². The third-order valence-electron chi connectivity index (χ3n) is 5.75. The molecule has 1 aromatic rings. The normalized spacial score (nSPS) is 24.8. The summed E-state index contributed by atoms with van der Waals surface area (Å²) < 4.78 is 39.7. The molecular weight excluding hydrogens is 357 g/mol. The number of carbonyl (C=O) groups is 1. The Bertz CT molecular complexity index is 642. The van der Waals surface area contributed by atoms with Gasteiger partial charge in [0.1, 0.15) is 0 Å². The maximum absolute atomic E-state index is 13.2. The van der Waals surface area contributed by atoms with E-state index in [4.69, 9.17) is 0 Å². The standard InChI is InChI=1S/C20H27F3N2O2/c21-20(22,23)18-8-4-3-7-17(18)19(27)25-12-15(16(13-25)14-26)11-24-9-5-1-2-6-10-24/h3-4,7-8,15-16,26H,1-2,5-6,9-14H2/t15-,16-/m0/s1. The van der Waals surface area contributed by atoms with Crippen molar-refractivity contribution in [3.05, 3.63) is 35.4 Å². The molecule has 0 saturated carbocycles. The highest BCUT2D eigenvalue weighted by Crippen LogP contribution is 2.34. The van der Waals surface area contributed by atoms with Crippen molar-refractivity contribution in [2.45, 2.75) is 31.9 Å². The van der Waals surface area contributed by atoms with E-state index in [9.17, 15) is 23.1 Å². The summed E-state index contributed by atoms with van der Waals surface area (Å²) in [5, 5.41) is 9.74. The summed E-state index contributed by atoms with van der Waals surface area (Å²) in [6.45, 7) is 3.46. The molecule has 3 rings (SSSR count). The minimum Gasteiger partial charge on any atom is -0.396 e. The number of nitrogens with zero attached hydrogens (tertiary/aromatic N) is 2. The zero-order chi connectivity index (χ0) is 19.4. The van der Waals surface area contributed by atoms with Crippen LogP contribution in [0, 0.1) is 11.8 Å². The second-order valence-corrected chi connectivity index (χ2v) is 7.67. The van der Waals surface area contributed by atoms with Gasteiger partial charge < -0.3 is 14.9 Å². The summed E-state index contributed by atoms with van der Waals surface area (Å²) in [5.41, 5.74) is -1.20. The molecule has 2 aliphatic rings. The Morgan fingerprint density at radius 3 is 2.30 bits per heavy atom. The minimum absolute atomic E-state index is 0.0524. The molecule has 0 bridgehead atoms. The summed E-state index contributed by atoms with van der Waals surface area (Å²) in [5.74, 6) is -0.593. The van der Waals surface area contributed by atoms with Crippen molar-refractivity contribution in [1.29, 1.82) is 0 Å². The van der Waals surface area contributed by atoms with Gasteiger partial charge in [-0.2, -0.15) is 13.2 Å². The molecular formula is C20H27F3N2O2. The van der Waals surface area contributed by atoms with Gasteiger partial charge in [-0.15, -0.1) is 0 Å². The molecule has 2 atom stereocenters. The zero-order valence-corrected chi connectivity index (χ0v) is 15.4. The first-order valence-electron chi connectivity index (χ1n) is 9.69. The molecule has 0 aliphatic carbocycles. The highest BCUT2D eigenvalue weighted by atomic mass is 19.4. The first-order valence-corrected chi connectivity index (χ1v) is 9.69. The van der Waals surface area contributed by atoms with Crippen molar-refractivity contribution in [1.82, 2.24) is 9.80 Å². The van der Waals surface area contributed by atoms with Gasteiger partial charge in [-0.05, 0) is 44.0 Å². The summed E-state index contributed by atoms with van der Waals surface area (Å²) in [7, 11) is 0. The van der Waals surface area contributed by atoms with Crippen molar-refractivity contribution in [3.8, 4) is 0 Å². The average molecular weight is 384 g/mol. The third kappa shape index (κ3) is 4.82. The summed E-state index contributed by atoms with van der Waals surface area (Å²) in [4.78, 5) is 16.7. The maximum atomic E-state index is 13.2. The van der Waals surface area contributed by atoms with E-state index in [1.165, 1.54) is 35.9 Å². The molecule has 2 aliphatic heterocycles. The fraction of sp³-hybridized carbons (Fsp3) is 0.650. The molecule has 2 heterocycles. The van der Waals surface area contributed by atoms with E-state index in [0.29, 0.717) is 13.1 Å². The lowest BCUT2D eigenvalue weighted by Gasteiger charge is -2.26. The summed E-state index contributed by atoms with van der Waals surface area (Å²) in [6, 6.07) is 4.93. The molecule has 0 radical (unpaired) electrons. The number of aliphatic hydroxyl groups excluding tert-OH is 1. The van der Waals surface area contributed by atoms with Crippen LogP contribution in [0.2, 0.25) is 0 Å². The predicted octanol–water partition coefficient (Wildman–Crippen LogP) is 3.26. The molecule has 0 spiro atoms. The topological polar surface area (TPSA) is 43.8 Å². The monoisotopic (exact) mass is 384 g/mol. The van der Waals surface area contributed by atoms with E-state index >= 15 is 0 Å². The molecule has 0 aromatic heterocycles. The largest absolute Gasteiger partial charge is 0.417 e. The Morgan fingerprint density at radius 2 is 1.67 bits per heavy atom. The number of benzene rings is 1. The third-order valence-corrected chi connectivity index (χ3v) is 5.75. The van der Waals surface area contributed by atoms with Gasteiger partial charge in [0.05, 0.1) is 11.1 Å². The molecule has 2 saturated heterocycles. The summed E-state index contributed by atoms with van der Waals surface area (Å²) in [6.07, 6.45) is 0.191. The van der Waals surface area contributed by atoms with Crippen LogP contribution in [0.5, 0.6) is 0 Å². The molecule has 4 nitrogen and oxygen atoms in total. The van der Waals surface area contributed by atoms with Crippen LogP contribution in [0.1, 0.15) is 41.6 Å². The van der Waals surface area contributed by atoms with Crippen molar-refractivity contribution in [2.24, 2.45) is 11.8 Å². The number of hydrogen-bond donors (Lipinski definition) is 1. The Morgan fingerprint density at radius 1 is 1.04 bits per heavy atom. The van der Waals surface area contributed by atoms with Gasteiger partial charge in [0.2, 0.25) is 0 Å². The van der Waals surface area contributed by atoms with E-state index in [2.05, 4.69) is 4.90 Å². The molecule has 1 amide bonds. The van der Waals surface area contributed by atoms with Crippen LogP contribution in [0.25, 0.3) is 0 Å². The van der Waals surface area contributed by atoms with Gasteiger partial charge >= 0.3 is 6.18 Å². The van der Waals surface area contributed by atoms with E-state index in [0.717, 1.165) is 38.5 Å². The molecule has 150 valence electrons. The molecule has 1 N–H and O–H groups in total. The molecule has 0 unspecified atom stereocenters. The lowest BCUT2D eigenvalue weighted by molar-refractivity contribution is -0.138. The number of halogens is 3. The SMILES string of the molecule is O=C(c1ccccc1C(F)(F)F)N1C[C@@H](CO)[C@@H](CN2CCCCCC2)C1. The van der Waals surface area contributed by atoms with Gasteiger partial charge in [0.25, 0.3) is 5.91 Å². The smallest absolute Gasteiger partial charge is 0.396 e. The average Bonchev–Trinajstić information content (AvgIpc) is 2.87. The Kier molecular flexibility index (Phi) is 6.42. The van der Waals surface area contributed by atoms with Gasteiger partial charge in [0.15, 0.2) is 0 Å². The van der Waals surface area contributed by atoms with Crippen LogP contribution < -0.4 is 0 Å². The van der Waals surface area contributed by atoms with E-state index in [1.54, 1.807) is 0 Å². The van der Waals surface area contributed by atoms with E-state index in [-0.39, 0.29) is 24.0 Å². The van der Waals surface area contributed by atoms with Crippen LogP contribution in [-0.2, 0) is 6.18 Å². The first kappa shape index (κ1) is 20.1.